The Balaban J connectivity index is 1.82. The predicted octanol–water partition coefficient (Wildman–Crippen LogP) is 5.86. The zero-order valence-corrected chi connectivity index (χ0v) is 15.3. The summed E-state index contributed by atoms with van der Waals surface area (Å²) in [4.78, 5) is 16.7. The molecule has 0 atom stereocenters. The molecule has 4 nitrogen and oxygen atoms in total. The number of hydrogen-bond donors (Lipinski definition) is 2. The van der Waals surface area contributed by atoms with Crippen molar-refractivity contribution in [1.82, 2.24) is 4.98 Å². The average Bonchev–Trinajstić information content (AvgIpc) is 2.64. The molecule has 27 heavy (non-hydrogen) atoms. The number of benzene rings is 2. The summed E-state index contributed by atoms with van der Waals surface area (Å²) in [7, 11) is 0. The Hall–Kier alpha value is -2.87. The first-order valence-corrected chi connectivity index (χ1v) is 8.59. The van der Waals surface area contributed by atoms with E-state index in [4.69, 9.17) is 0 Å². The van der Waals surface area contributed by atoms with Crippen molar-refractivity contribution in [2.24, 2.45) is 0 Å². The molecule has 138 valence electrons. The molecular weight excluding hydrogens is 423 g/mol. The molecule has 1 amide bonds. The molecule has 0 aliphatic heterocycles. The predicted molar refractivity (Wildman–Crippen MR) is 101 cm³/mol. The van der Waals surface area contributed by atoms with E-state index < -0.39 is 17.6 Å². The van der Waals surface area contributed by atoms with Gasteiger partial charge in [-0.25, -0.2) is 4.98 Å². The van der Waals surface area contributed by atoms with E-state index in [2.05, 4.69) is 31.5 Å². The number of alkyl halides is 3. The quantitative estimate of drug-likeness (QED) is 0.539. The third kappa shape index (κ3) is 4.65. The summed E-state index contributed by atoms with van der Waals surface area (Å²) >= 11 is 3.35. The Kier molecular flexibility index (Phi) is 5.46. The van der Waals surface area contributed by atoms with Crippen molar-refractivity contribution in [3.63, 3.8) is 0 Å². The van der Waals surface area contributed by atoms with E-state index in [9.17, 15) is 18.0 Å². The average molecular weight is 436 g/mol. The molecule has 0 saturated carbocycles. The van der Waals surface area contributed by atoms with Crippen molar-refractivity contribution in [1.29, 1.82) is 0 Å². The normalized spacial score (nSPS) is 11.1. The van der Waals surface area contributed by atoms with Gasteiger partial charge in [-0.05, 0) is 64.5 Å². The number of halogens is 4. The van der Waals surface area contributed by atoms with Crippen LogP contribution >= 0.6 is 15.9 Å². The molecule has 1 aromatic heterocycles. The summed E-state index contributed by atoms with van der Waals surface area (Å²) in [5, 5.41) is 5.65. The number of nitrogens with one attached hydrogen (secondary N) is 2. The summed E-state index contributed by atoms with van der Waals surface area (Å²) in [5.74, 6) is -0.161. The number of carbonyl (C=O) groups is 1. The van der Waals surface area contributed by atoms with Gasteiger partial charge in [0.15, 0.2) is 0 Å². The maximum Gasteiger partial charge on any atom is 0.416 e. The van der Waals surface area contributed by atoms with Crippen LogP contribution in [-0.4, -0.2) is 10.9 Å². The topological polar surface area (TPSA) is 54.0 Å². The van der Waals surface area contributed by atoms with Crippen LogP contribution in [-0.2, 0) is 6.18 Å². The number of pyridine rings is 1. The SMILES string of the molecule is O=C(Nc1ccccc1Br)c1cccnc1Nc1ccc(C(F)(F)F)cc1. The van der Waals surface area contributed by atoms with E-state index in [0.717, 1.165) is 16.6 Å². The first kappa shape index (κ1) is 18.9. The second-order valence-electron chi connectivity index (χ2n) is 5.53. The first-order chi connectivity index (χ1) is 12.8. The van der Waals surface area contributed by atoms with Crippen LogP contribution in [0, 0.1) is 0 Å². The number of anilines is 3. The molecule has 0 fully saturated rings. The fraction of sp³-hybridized carbons (Fsp3) is 0.0526. The highest BCUT2D eigenvalue weighted by Crippen LogP contribution is 2.30. The molecule has 0 radical (unpaired) electrons. The van der Waals surface area contributed by atoms with E-state index in [1.807, 2.05) is 6.07 Å². The van der Waals surface area contributed by atoms with E-state index >= 15 is 0 Å². The second kappa shape index (κ2) is 7.79. The van der Waals surface area contributed by atoms with Crippen molar-refractivity contribution in [3.8, 4) is 0 Å². The van der Waals surface area contributed by atoms with E-state index in [1.54, 1.807) is 30.3 Å². The smallest absolute Gasteiger partial charge is 0.340 e. The molecule has 3 rings (SSSR count). The molecule has 8 heteroatoms. The van der Waals surface area contributed by atoms with Gasteiger partial charge in [-0.15, -0.1) is 0 Å². The van der Waals surface area contributed by atoms with Crippen molar-refractivity contribution in [3.05, 3.63) is 82.5 Å². The number of rotatable bonds is 4. The number of nitrogens with zero attached hydrogens (tertiary/aromatic N) is 1. The third-order valence-corrected chi connectivity index (χ3v) is 4.34. The van der Waals surface area contributed by atoms with E-state index in [1.165, 1.54) is 18.3 Å². The number of para-hydroxylation sites is 1. The van der Waals surface area contributed by atoms with Gasteiger partial charge in [-0.1, -0.05) is 12.1 Å². The molecule has 0 aliphatic carbocycles. The van der Waals surface area contributed by atoms with E-state index in [-0.39, 0.29) is 11.4 Å². The van der Waals surface area contributed by atoms with Crippen LogP contribution in [0.3, 0.4) is 0 Å². The standard InChI is InChI=1S/C19H13BrF3N3O/c20-15-5-1-2-6-16(15)26-18(27)14-4-3-11-24-17(14)25-13-9-7-12(8-10-13)19(21,22)23/h1-11H,(H,24,25)(H,26,27). The Morgan fingerprint density at radius 2 is 1.67 bits per heavy atom. The molecule has 2 aromatic carbocycles. The molecule has 0 saturated heterocycles. The Bertz CT molecular complexity index is 959. The maximum atomic E-state index is 12.7. The molecule has 0 bridgehead atoms. The van der Waals surface area contributed by atoms with Crippen LogP contribution in [0.15, 0.2) is 71.3 Å². The largest absolute Gasteiger partial charge is 0.416 e. The molecule has 1 heterocycles. The third-order valence-electron chi connectivity index (χ3n) is 3.65. The van der Waals surface area contributed by atoms with Gasteiger partial charge in [0.1, 0.15) is 5.82 Å². The lowest BCUT2D eigenvalue weighted by Crippen LogP contribution is -2.15. The molecule has 0 unspecified atom stereocenters. The lowest BCUT2D eigenvalue weighted by Gasteiger charge is -2.13. The minimum absolute atomic E-state index is 0.238. The van der Waals surface area contributed by atoms with Crippen LogP contribution < -0.4 is 10.6 Å². The summed E-state index contributed by atoms with van der Waals surface area (Å²) in [6.45, 7) is 0. The van der Waals surface area contributed by atoms with Gasteiger partial charge in [-0.3, -0.25) is 4.79 Å². The molecule has 3 aromatic rings. The van der Waals surface area contributed by atoms with Crippen molar-refractivity contribution < 1.29 is 18.0 Å². The summed E-state index contributed by atoms with van der Waals surface area (Å²) in [6.07, 6.45) is -2.92. The minimum atomic E-state index is -4.41. The maximum absolute atomic E-state index is 12.7. The van der Waals surface area contributed by atoms with Crippen molar-refractivity contribution in [2.45, 2.75) is 6.18 Å². The van der Waals surface area contributed by atoms with Gasteiger partial charge in [-0.2, -0.15) is 13.2 Å². The Morgan fingerprint density at radius 1 is 0.963 bits per heavy atom. The highest BCUT2D eigenvalue weighted by Gasteiger charge is 2.30. The zero-order chi connectivity index (χ0) is 19.4. The summed E-state index contributed by atoms with van der Waals surface area (Å²) in [5.41, 5.74) is 0.484. The fourth-order valence-electron chi connectivity index (χ4n) is 2.32. The lowest BCUT2D eigenvalue weighted by atomic mass is 10.2. The highest BCUT2D eigenvalue weighted by atomic mass is 79.9. The lowest BCUT2D eigenvalue weighted by molar-refractivity contribution is -0.137. The summed E-state index contributed by atoms with van der Waals surface area (Å²) < 4.78 is 38.7. The van der Waals surface area contributed by atoms with Gasteiger partial charge in [0.25, 0.3) is 5.91 Å². The van der Waals surface area contributed by atoms with Crippen LogP contribution in [0.25, 0.3) is 0 Å². The van der Waals surface area contributed by atoms with Crippen LogP contribution in [0.4, 0.5) is 30.4 Å². The van der Waals surface area contributed by atoms with Crippen molar-refractivity contribution in [2.75, 3.05) is 10.6 Å². The summed E-state index contributed by atoms with van der Waals surface area (Å²) in [6, 6.07) is 14.8. The number of amides is 1. The Morgan fingerprint density at radius 3 is 2.33 bits per heavy atom. The number of hydrogen-bond acceptors (Lipinski definition) is 3. The number of aromatic nitrogens is 1. The fourth-order valence-corrected chi connectivity index (χ4v) is 2.70. The zero-order valence-electron chi connectivity index (χ0n) is 13.7. The number of carbonyl (C=O) groups excluding carboxylic acids is 1. The van der Waals surface area contributed by atoms with Gasteiger partial charge in [0.05, 0.1) is 16.8 Å². The molecule has 0 aliphatic rings. The van der Waals surface area contributed by atoms with Crippen LogP contribution in [0.5, 0.6) is 0 Å². The molecular formula is C19H13BrF3N3O. The monoisotopic (exact) mass is 435 g/mol. The molecule has 0 spiro atoms. The minimum Gasteiger partial charge on any atom is -0.340 e. The Labute approximate surface area is 161 Å². The van der Waals surface area contributed by atoms with Gasteiger partial charge < -0.3 is 10.6 Å². The second-order valence-corrected chi connectivity index (χ2v) is 6.39. The van der Waals surface area contributed by atoms with E-state index in [0.29, 0.717) is 11.4 Å². The highest BCUT2D eigenvalue weighted by molar-refractivity contribution is 9.10. The van der Waals surface area contributed by atoms with Gasteiger partial charge in [0.2, 0.25) is 0 Å². The molecule has 2 N–H and O–H groups in total. The van der Waals surface area contributed by atoms with Crippen LogP contribution in [0.2, 0.25) is 0 Å². The van der Waals surface area contributed by atoms with Crippen molar-refractivity contribution >= 4 is 39.0 Å². The first-order valence-electron chi connectivity index (χ1n) is 7.80. The van der Waals surface area contributed by atoms with Crippen LogP contribution in [0.1, 0.15) is 15.9 Å². The van der Waals surface area contributed by atoms with Gasteiger partial charge >= 0.3 is 6.18 Å². The van der Waals surface area contributed by atoms with Gasteiger partial charge in [0, 0.05) is 16.4 Å².